The largest absolute Gasteiger partial charge is 0.493 e. The van der Waals surface area contributed by atoms with Gasteiger partial charge < -0.3 is 19.5 Å². The van der Waals surface area contributed by atoms with Crippen molar-refractivity contribution >= 4 is 47.0 Å². The molecule has 0 saturated carbocycles. The number of ether oxygens (including phenoxy) is 3. The van der Waals surface area contributed by atoms with Crippen molar-refractivity contribution in [1.82, 2.24) is 14.9 Å². The molecule has 1 saturated heterocycles. The van der Waals surface area contributed by atoms with Gasteiger partial charge >= 0.3 is 0 Å². The number of morpholine rings is 1. The van der Waals surface area contributed by atoms with Crippen molar-refractivity contribution in [2.75, 3.05) is 51.9 Å². The second-order valence-electron chi connectivity index (χ2n) is 9.03. The number of nitrogens with one attached hydrogen (secondary N) is 1. The Labute approximate surface area is 234 Å². The van der Waals surface area contributed by atoms with E-state index < -0.39 is 0 Å². The normalized spacial score (nSPS) is 13.8. The van der Waals surface area contributed by atoms with E-state index in [0.717, 1.165) is 67.0 Å². The fraction of sp³-hybridized carbons (Fsp3) is 0.267. The average molecular weight is 551 g/mol. The summed E-state index contributed by atoms with van der Waals surface area (Å²) < 4.78 is 30.2. The third-order valence-electron chi connectivity index (χ3n) is 6.41. The summed E-state index contributed by atoms with van der Waals surface area (Å²) in [6.45, 7) is 5.12. The summed E-state index contributed by atoms with van der Waals surface area (Å²) in [5, 5.41) is 4.22. The van der Waals surface area contributed by atoms with Gasteiger partial charge in [-0.1, -0.05) is 36.4 Å². The number of rotatable bonds is 10. The van der Waals surface area contributed by atoms with Crippen LogP contribution in [0.15, 0.2) is 67.0 Å². The molecule has 0 radical (unpaired) electrons. The van der Waals surface area contributed by atoms with Crippen LogP contribution in [0, 0.1) is 5.82 Å². The van der Waals surface area contributed by atoms with Crippen molar-refractivity contribution in [2.24, 2.45) is 0 Å². The molecule has 1 N–H and O–H groups in total. The maximum atomic E-state index is 13.1. The number of hydrogen-bond donors (Lipinski definition) is 1. The van der Waals surface area contributed by atoms with Crippen LogP contribution < -0.4 is 14.8 Å². The lowest BCUT2D eigenvalue weighted by molar-refractivity contribution is 0.0357. The van der Waals surface area contributed by atoms with Crippen molar-refractivity contribution in [3.63, 3.8) is 0 Å². The fourth-order valence-corrected chi connectivity index (χ4v) is 4.31. The molecule has 0 spiro atoms. The van der Waals surface area contributed by atoms with Gasteiger partial charge in [-0.05, 0) is 47.9 Å². The van der Waals surface area contributed by atoms with Crippen molar-refractivity contribution in [3.8, 4) is 11.5 Å². The van der Waals surface area contributed by atoms with Gasteiger partial charge in [0.2, 0.25) is 0 Å². The van der Waals surface area contributed by atoms with Crippen molar-refractivity contribution in [2.45, 2.75) is 6.42 Å². The van der Waals surface area contributed by atoms with E-state index in [0.29, 0.717) is 23.9 Å². The molecular formula is C30H32ClFN4O3. The molecule has 204 valence electrons. The fourth-order valence-electron chi connectivity index (χ4n) is 4.31. The van der Waals surface area contributed by atoms with Crippen LogP contribution in [0.2, 0.25) is 0 Å². The first-order valence-corrected chi connectivity index (χ1v) is 12.7. The van der Waals surface area contributed by atoms with Gasteiger partial charge in [-0.2, -0.15) is 0 Å². The SMILES string of the molecule is COc1cc2c(Nc3ccc(/C=C/c4ccc(F)cc4)cc3)ncnc2cc1OCCCN1CCOCC1.Cl. The smallest absolute Gasteiger partial charge is 0.163 e. The lowest BCUT2D eigenvalue weighted by Crippen LogP contribution is -2.37. The van der Waals surface area contributed by atoms with Gasteiger partial charge in [-0.3, -0.25) is 4.90 Å². The van der Waals surface area contributed by atoms with Crippen molar-refractivity contribution < 1.29 is 18.6 Å². The minimum absolute atomic E-state index is 0. The molecule has 1 aromatic heterocycles. The number of methoxy groups -OCH3 is 1. The standard InChI is InChI=1S/C30H31FN4O3.ClH/c1-36-28-19-26-27(20-29(28)38-16-2-13-35-14-17-37-18-15-35)32-21-33-30(26)34-25-11-7-23(8-12-25)4-3-22-5-9-24(31)10-6-22;/h3-12,19-21H,2,13-18H2,1H3,(H,32,33,34);1H/b4-3+;. The summed E-state index contributed by atoms with van der Waals surface area (Å²) in [7, 11) is 1.64. The van der Waals surface area contributed by atoms with Gasteiger partial charge in [0, 0.05) is 36.8 Å². The van der Waals surface area contributed by atoms with Gasteiger partial charge in [-0.25, -0.2) is 14.4 Å². The monoisotopic (exact) mass is 550 g/mol. The van der Waals surface area contributed by atoms with Crippen LogP contribution in [0.5, 0.6) is 11.5 Å². The minimum atomic E-state index is -0.240. The third kappa shape index (κ3) is 7.66. The molecule has 2 heterocycles. The Bertz CT molecular complexity index is 1380. The molecule has 9 heteroatoms. The second-order valence-corrected chi connectivity index (χ2v) is 9.03. The summed E-state index contributed by atoms with van der Waals surface area (Å²) in [6.07, 6.45) is 6.41. The summed E-state index contributed by atoms with van der Waals surface area (Å²) in [6, 6.07) is 18.2. The first-order chi connectivity index (χ1) is 18.7. The highest BCUT2D eigenvalue weighted by atomic mass is 35.5. The molecular weight excluding hydrogens is 519 g/mol. The van der Waals surface area contributed by atoms with E-state index in [1.54, 1.807) is 25.6 Å². The molecule has 0 unspecified atom stereocenters. The van der Waals surface area contributed by atoms with Crippen molar-refractivity contribution in [1.29, 1.82) is 0 Å². The molecule has 0 aliphatic carbocycles. The van der Waals surface area contributed by atoms with Crippen LogP contribution in [0.4, 0.5) is 15.9 Å². The highest BCUT2D eigenvalue weighted by Gasteiger charge is 2.13. The number of fused-ring (bicyclic) bond motifs is 1. The molecule has 7 nitrogen and oxygen atoms in total. The summed E-state index contributed by atoms with van der Waals surface area (Å²) >= 11 is 0. The molecule has 0 amide bonds. The molecule has 0 bridgehead atoms. The number of halogens is 2. The van der Waals surface area contributed by atoms with Gasteiger partial charge in [0.05, 0.1) is 32.4 Å². The van der Waals surface area contributed by atoms with E-state index in [-0.39, 0.29) is 18.2 Å². The van der Waals surface area contributed by atoms with Crippen molar-refractivity contribution in [3.05, 3.63) is 83.9 Å². The Morgan fingerprint density at radius 1 is 0.949 bits per heavy atom. The molecule has 1 fully saturated rings. The number of nitrogens with zero attached hydrogens (tertiary/aromatic N) is 3. The topological polar surface area (TPSA) is 68.7 Å². The highest BCUT2D eigenvalue weighted by molar-refractivity contribution is 5.93. The Balaban J connectivity index is 0.00000353. The van der Waals surface area contributed by atoms with Crippen LogP contribution in [-0.4, -0.2) is 61.4 Å². The Hall–Kier alpha value is -3.72. The predicted octanol–water partition coefficient (Wildman–Crippen LogP) is 6.21. The molecule has 1 aliphatic heterocycles. The zero-order valence-corrected chi connectivity index (χ0v) is 22.6. The zero-order chi connectivity index (χ0) is 26.2. The van der Waals surface area contributed by atoms with Gasteiger partial charge in [0.1, 0.15) is 18.0 Å². The van der Waals surface area contributed by atoms with Crippen LogP contribution in [0.1, 0.15) is 17.5 Å². The van der Waals surface area contributed by atoms with E-state index in [9.17, 15) is 4.39 Å². The maximum absolute atomic E-state index is 13.1. The lowest BCUT2D eigenvalue weighted by Gasteiger charge is -2.26. The van der Waals surface area contributed by atoms with E-state index in [4.69, 9.17) is 14.2 Å². The van der Waals surface area contributed by atoms with Gasteiger partial charge in [0.25, 0.3) is 0 Å². The van der Waals surface area contributed by atoms with E-state index in [1.807, 2.05) is 48.6 Å². The maximum Gasteiger partial charge on any atom is 0.163 e. The van der Waals surface area contributed by atoms with Gasteiger partial charge in [-0.15, -0.1) is 12.4 Å². The molecule has 5 rings (SSSR count). The van der Waals surface area contributed by atoms with Crippen LogP contribution >= 0.6 is 12.4 Å². The summed E-state index contributed by atoms with van der Waals surface area (Å²) in [5.41, 5.74) is 3.64. The first kappa shape index (κ1) is 28.3. The number of anilines is 2. The Kier molecular flexibility index (Phi) is 10.1. The van der Waals surface area contributed by atoms with E-state index in [2.05, 4.69) is 20.2 Å². The first-order valence-electron chi connectivity index (χ1n) is 12.7. The molecule has 3 aromatic carbocycles. The Morgan fingerprint density at radius 2 is 1.64 bits per heavy atom. The quantitative estimate of drug-likeness (QED) is 0.186. The summed E-state index contributed by atoms with van der Waals surface area (Å²) in [4.78, 5) is 11.3. The molecule has 39 heavy (non-hydrogen) atoms. The highest BCUT2D eigenvalue weighted by Crippen LogP contribution is 2.35. The predicted molar refractivity (Wildman–Crippen MR) is 156 cm³/mol. The molecule has 0 atom stereocenters. The van der Waals surface area contributed by atoms with Crippen LogP contribution in [-0.2, 0) is 4.74 Å². The lowest BCUT2D eigenvalue weighted by atomic mass is 10.1. The average Bonchev–Trinajstić information content (AvgIpc) is 2.96. The van der Waals surface area contributed by atoms with Crippen LogP contribution in [0.3, 0.4) is 0 Å². The number of aromatic nitrogens is 2. The second kappa shape index (κ2) is 13.9. The minimum Gasteiger partial charge on any atom is -0.493 e. The van der Waals surface area contributed by atoms with Gasteiger partial charge in [0.15, 0.2) is 11.5 Å². The van der Waals surface area contributed by atoms with Crippen LogP contribution in [0.25, 0.3) is 23.1 Å². The third-order valence-corrected chi connectivity index (χ3v) is 6.41. The molecule has 4 aromatic rings. The Morgan fingerprint density at radius 3 is 2.33 bits per heavy atom. The summed E-state index contributed by atoms with van der Waals surface area (Å²) in [5.74, 6) is 1.75. The number of benzene rings is 3. The van der Waals surface area contributed by atoms with E-state index in [1.165, 1.54) is 12.1 Å². The van der Waals surface area contributed by atoms with E-state index >= 15 is 0 Å². The molecule has 1 aliphatic rings. The zero-order valence-electron chi connectivity index (χ0n) is 21.8. The number of hydrogen-bond acceptors (Lipinski definition) is 7.